The van der Waals surface area contributed by atoms with Crippen LogP contribution < -0.4 is 10.2 Å². The summed E-state index contributed by atoms with van der Waals surface area (Å²) in [5, 5.41) is 6.64. The molecule has 0 saturated carbocycles. The molecule has 1 aliphatic rings. The van der Waals surface area contributed by atoms with Crippen molar-refractivity contribution in [3.63, 3.8) is 0 Å². The molecular weight excluding hydrogens is 304 g/mol. The van der Waals surface area contributed by atoms with Gasteiger partial charge in [0.1, 0.15) is 0 Å². The molecule has 6 nitrogen and oxygen atoms in total. The Morgan fingerprint density at radius 3 is 2.54 bits per heavy atom. The molecule has 128 valence electrons. The van der Waals surface area contributed by atoms with Crippen molar-refractivity contribution >= 4 is 11.6 Å². The van der Waals surface area contributed by atoms with Crippen molar-refractivity contribution in [1.29, 1.82) is 0 Å². The Kier molecular flexibility index (Phi) is 5.46. The van der Waals surface area contributed by atoms with Crippen LogP contribution in [0.1, 0.15) is 49.7 Å². The van der Waals surface area contributed by atoms with Crippen molar-refractivity contribution < 1.29 is 9.32 Å². The van der Waals surface area contributed by atoms with Crippen LogP contribution in [0.4, 0.5) is 5.69 Å². The van der Waals surface area contributed by atoms with Gasteiger partial charge in [-0.3, -0.25) is 4.79 Å². The SMILES string of the molecule is CCCNC(=O)c1nc(-c2ccc(N3CCCCCC3)cc2)no1. The Balaban J connectivity index is 1.69. The van der Waals surface area contributed by atoms with Crippen LogP contribution in [-0.2, 0) is 0 Å². The lowest BCUT2D eigenvalue weighted by Crippen LogP contribution is -2.24. The monoisotopic (exact) mass is 328 g/mol. The minimum atomic E-state index is -0.322. The third-order valence-electron chi connectivity index (χ3n) is 4.25. The van der Waals surface area contributed by atoms with E-state index < -0.39 is 0 Å². The van der Waals surface area contributed by atoms with E-state index in [0.29, 0.717) is 12.4 Å². The summed E-state index contributed by atoms with van der Waals surface area (Å²) in [6, 6.07) is 8.15. The summed E-state index contributed by atoms with van der Waals surface area (Å²) < 4.78 is 5.06. The van der Waals surface area contributed by atoms with Crippen LogP contribution in [0.15, 0.2) is 28.8 Å². The summed E-state index contributed by atoms with van der Waals surface area (Å²) >= 11 is 0. The van der Waals surface area contributed by atoms with Crippen molar-refractivity contribution in [2.24, 2.45) is 0 Å². The molecule has 1 aromatic carbocycles. The summed E-state index contributed by atoms with van der Waals surface area (Å²) in [4.78, 5) is 18.4. The molecule has 1 saturated heterocycles. The van der Waals surface area contributed by atoms with Gasteiger partial charge in [-0.2, -0.15) is 4.98 Å². The van der Waals surface area contributed by atoms with Crippen LogP contribution in [-0.4, -0.2) is 35.7 Å². The summed E-state index contributed by atoms with van der Waals surface area (Å²) in [6.07, 6.45) is 6.01. The Morgan fingerprint density at radius 1 is 1.17 bits per heavy atom. The van der Waals surface area contributed by atoms with Crippen LogP contribution in [0.25, 0.3) is 11.4 Å². The van der Waals surface area contributed by atoms with E-state index >= 15 is 0 Å². The normalized spacial score (nSPS) is 15.1. The van der Waals surface area contributed by atoms with E-state index in [9.17, 15) is 4.79 Å². The third-order valence-corrected chi connectivity index (χ3v) is 4.25. The molecule has 3 rings (SSSR count). The first-order valence-electron chi connectivity index (χ1n) is 8.75. The molecule has 1 N–H and O–H groups in total. The van der Waals surface area contributed by atoms with E-state index in [1.807, 2.05) is 19.1 Å². The molecule has 0 aliphatic carbocycles. The van der Waals surface area contributed by atoms with Crippen LogP contribution in [0.5, 0.6) is 0 Å². The molecule has 1 fully saturated rings. The predicted molar refractivity (Wildman–Crippen MR) is 93.0 cm³/mol. The zero-order valence-electron chi connectivity index (χ0n) is 14.1. The molecule has 24 heavy (non-hydrogen) atoms. The molecule has 0 unspecified atom stereocenters. The minimum absolute atomic E-state index is 0.00930. The van der Waals surface area contributed by atoms with Gasteiger partial charge in [-0.25, -0.2) is 0 Å². The summed E-state index contributed by atoms with van der Waals surface area (Å²) in [6.45, 7) is 4.82. The lowest BCUT2D eigenvalue weighted by Gasteiger charge is -2.22. The number of amides is 1. The van der Waals surface area contributed by atoms with Crippen LogP contribution >= 0.6 is 0 Å². The van der Waals surface area contributed by atoms with Gasteiger partial charge in [-0.15, -0.1) is 0 Å². The average Bonchev–Trinajstić information content (AvgIpc) is 2.96. The average molecular weight is 328 g/mol. The molecule has 0 bridgehead atoms. The highest BCUT2D eigenvalue weighted by Crippen LogP contribution is 2.23. The van der Waals surface area contributed by atoms with Gasteiger partial charge in [-0.1, -0.05) is 24.9 Å². The first-order chi connectivity index (χ1) is 11.8. The Morgan fingerprint density at radius 2 is 1.88 bits per heavy atom. The second-order valence-electron chi connectivity index (χ2n) is 6.13. The molecule has 1 aromatic heterocycles. The fraction of sp³-hybridized carbons (Fsp3) is 0.500. The molecule has 2 aromatic rings. The molecule has 2 heterocycles. The number of rotatable bonds is 5. The standard InChI is InChI=1S/C18H24N4O2/c1-2-11-19-17(23)18-20-16(21-24-18)14-7-9-15(10-8-14)22-12-5-3-4-6-13-22/h7-10H,2-6,11-13H2,1H3,(H,19,23). The summed E-state index contributed by atoms with van der Waals surface area (Å²) in [5.74, 6) is 0.130. The van der Waals surface area contributed by atoms with E-state index in [1.165, 1.54) is 31.4 Å². The first-order valence-corrected chi connectivity index (χ1v) is 8.75. The van der Waals surface area contributed by atoms with E-state index in [0.717, 1.165) is 25.1 Å². The molecule has 1 amide bonds. The zero-order valence-corrected chi connectivity index (χ0v) is 14.1. The number of aromatic nitrogens is 2. The highest BCUT2D eigenvalue weighted by atomic mass is 16.5. The highest BCUT2D eigenvalue weighted by molar-refractivity contribution is 5.89. The van der Waals surface area contributed by atoms with E-state index in [-0.39, 0.29) is 11.8 Å². The zero-order chi connectivity index (χ0) is 16.8. The highest BCUT2D eigenvalue weighted by Gasteiger charge is 2.16. The van der Waals surface area contributed by atoms with Crippen molar-refractivity contribution in [3.8, 4) is 11.4 Å². The number of hydrogen-bond acceptors (Lipinski definition) is 5. The van der Waals surface area contributed by atoms with Crippen LogP contribution in [0, 0.1) is 0 Å². The van der Waals surface area contributed by atoms with Gasteiger partial charge in [0.15, 0.2) is 0 Å². The summed E-state index contributed by atoms with van der Waals surface area (Å²) in [7, 11) is 0. The van der Waals surface area contributed by atoms with Crippen molar-refractivity contribution in [3.05, 3.63) is 30.2 Å². The molecular formula is C18H24N4O2. The second kappa shape index (κ2) is 7.95. The Hall–Kier alpha value is -2.37. The molecule has 1 aliphatic heterocycles. The quantitative estimate of drug-likeness (QED) is 0.912. The number of benzene rings is 1. The number of carbonyl (C=O) groups excluding carboxylic acids is 1. The lowest BCUT2D eigenvalue weighted by atomic mass is 10.2. The van der Waals surface area contributed by atoms with Crippen molar-refractivity contribution in [2.75, 3.05) is 24.5 Å². The fourth-order valence-electron chi connectivity index (χ4n) is 2.90. The van der Waals surface area contributed by atoms with Gasteiger partial charge in [-0.05, 0) is 43.5 Å². The number of nitrogens with zero attached hydrogens (tertiary/aromatic N) is 3. The maximum atomic E-state index is 11.8. The number of hydrogen-bond donors (Lipinski definition) is 1. The summed E-state index contributed by atoms with van der Waals surface area (Å²) in [5.41, 5.74) is 2.08. The maximum absolute atomic E-state index is 11.8. The van der Waals surface area contributed by atoms with Gasteiger partial charge >= 0.3 is 11.8 Å². The van der Waals surface area contributed by atoms with Gasteiger partial charge in [0.05, 0.1) is 0 Å². The predicted octanol–water partition coefficient (Wildman–Crippen LogP) is 3.26. The van der Waals surface area contributed by atoms with Crippen LogP contribution in [0.3, 0.4) is 0 Å². The molecule has 6 heteroatoms. The lowest BCUT2D eigenvalue weighted by molar-refractivity contribution is 0.0910. The topological polar surface area (TPSA) is 71.3 Å². The third kappa shape index (κ3) is 3.93. The fourth-order valence-corrected chi connectivity index (χ4v) is 2.90. The van der Waals surface area contributed by atoms with Gasteiger partial charge < -0.3 is 14.7 Å². The molecule has 0 spiro atoms. The minimum Gasteiger partial charge on any atom is -0.372 e. The Bertz CT molecular complexity index is 658. The van der Waals surface area contributed by atoms with E-state index in [1.54, 1.807) is 0 Å². The number of carbonyl (C=O) groups is 1. The molecule has 0 atom stereocenters. The second-order valence-corrected chi connectivity index (χ2v) is 6.13. The smallest absolute Gasteiger partial charge is 0.316 e. The maximum Gasteiger partial charge on any atom is 0.316 e. The van der Waals surface area contributed by atoms with Gasteiger partial charge in [0, 0.05) is 30.9 Å². The van der Waals surface area contributed by atoms with Crippen molar-refractivity contribution in [1.82, 2.24) is 15.5 Å². The van der Waals surface area contributed by atoms with Gasteiger partial charge in [0.25, 0.3) is 0 Å². The molecule has 0 radical (unpaired) electrons. The van der Waals surface area contributed by atoms with Crippen LogP contribution in [0.2, 0.25) is 0 Å². The van der Waals surface area contributed by atoms with Crippen molar-refractivity contribution in [2.45, 2.75) is 39.0 Å². The van der Waals surface area contributed by atoms with E-state index in [2.05, 4.69) is 32.5 Å². The van der Waals surface area contributed by atoms with E-state index in [4.69, 9.17) is 4.52 Å². The van der Waals surface area contributed by atoms with Gasteiger partial charge in [0.2, 0.25) is 5.82 Å². The first kappa shape index (κ1) is 16.5. The number of anilines is 1. The number of nitrogens with one attached hydrogen (secondary N) is 1. The Labute approximate surface area is 142 Å². The largest absolute Gasteiger partial charge is 0.372 e.